The van der Waals surface area contributed by atoms with Crippen LogP contribution in [0.2, 0.25) is 0 Å². The molecule has 0 saturated carbocycles. The number of sulfonamides is 1. The average molecular weight is 407 g/mol. The van der Waals surface area contributed by atoms with Crippen molar-refractivity contribution in [3.8, 4) is 0 Å². The third-order valence-electron chi connectivity index (χ3n) is 5.04. The van der Waals surface area contributed by atoms with Crippen LogP contribution in [0.15, 0.2) is 29.1 Å². The molecule has 152 valence electrons. The second-order valence-electron chi connectivity index (χ2n) is 7.08. The molecule has 1 aliphatic rings. The number of piperazine rings is 1. The molecule has 1 fully saturated rings. The molecule has 0 spiro atoms. The van der Waals surface area contributed by atoms with Crippen LogP contribution in [0.1, 0.15) is 36.7 Å². The fourth-order valence-electron chi connectivity index (χ4n) is 3.43. The highest BCUT2D eigenvalue weighted by Gasteiger charge is 2.28. The molecule has 28 heavy (non-hydrogen) atoms. The summed E-state index contributed by atoms with van der Waals surface area (Å²) in [5.74, 6) is -0.270. The summed E-state index contributed by atoms with van der Waals surface area (Å²) in [6.45, 7) is 3.69. The van der Waals surface area contributed by atoms with Crippen LogP contribution in [0.3, 0.4) is 0 Å². The van der Waals surface area contributed by atoms with Gasteiger partial charge in [-0.05, 0) is 12.5 Å². The van der Waals surface area contributed by atoms with Crippen molar-refractivity contribution < 1.29 is 13.2 Å². The smallest absolute Gasteiger partial charge is 0.275 e. The van der Waals surface area contributed by atoms with E-state index < -0.39 is 10.0 Å². The van der Waals surface area contributed by atoms with Crippen LogP contribution in [0.4, 0.5) is 0 Å². The minimum Gasteiger partial charge on any atom is -0.335 e. The molecule has 0 atom stereocenters. The zero-order valence-corrected chi connectivity index (χ0v) is 17.1. The summed E-state index contributed by atoms with van der Waals surface area (Å²) in [6, 6.07) is 7.01. The Morgan fingerprint density at radius 2 is 1.71 bits per heavy atom. The first-order chi connectivity index (χ1) is 13.3. The monoisotopic (exact) mass is 406 g/mol. The molecule has 2 aromatic rings. The highest BCUT2D eigenvalue weighted by molar-refractivity contribution is 7.88. The van der Waals surface area contributed by atoms with E-state index in [1.807, 2.05) is 0 Å². The molecule has 0 radical (unpaired) electrons. The van der Waals surface area contributed by atoms with E-state index in [0.717, 1.165) is 19.3 Å². The van der Waals surface area contributed by atoms with Gasteiger partial charge in [0.1, 0.15) is 0 Å². The molecule has 3 rings (SSSR count). The van der Waals surface area contributed by atoms with E-state index >= 15 is 0 Å². The zero-order valence-electron chi connectivity index (χ0n) is 16.3. The largest absolute Gasteiger partial charge is 0.335 e. The summed E-state index contributed by atoms with van der Waals surface area (Å²) in [6.07, 6.45) is 4.00. The predicted molar refractivity (Wildman–Crippen MR) is 108 cm³/mol. The molecule has 9 heteroatoms. The van der Waals surface area contributed by atoms with Gasteiger partial charge in [0.2, 0.25) is 10.0 Å². The first-order valence-electron chi connectivity index (χ1n) is 9.57. The van der Waals surface area contributed by atoms with Crippen molar-refractivity contribution in [3.05, 3.63) is 40.3 Å². The lowest BCUT2D eigenvalue weighted by molar-refractivity contribution is 0.0691. The normalized spacial score (nSPS) is 15.9. The van der Waals surface area contributed by atoms with E-state index in [1.165, 1.54) is 15.2 Å². The number of hydrogen-bond donors (Lipinski definition) is 0. The van der Waals surface area contributed by atoms with Crippen LogP contribution in [0, 0.1) is 0 Å². The fraction of sp³-hybridized carbons (Fsp3) is 0.526. The average Bonchev–Trinajstić information content (AvgIpc) is 2.69. The highest BCUT2D eigenvalue weighted by atomic mass is 32.2. The Morgan fingerprint density at radius 1 is 1.07 bits per heavy atom. The summed E-state index contributed by atoms with van der Waals surface area (Å²) in [7, 11) is -3.27. The third-order valence-corrected chi connectivity index (χ3v) is 6.34. The molecule has 1 saturated heterocycles. The maximum atomic E-state index is 13.1. The maximum absolute atomic E-state index is 13.1. The Hall–Kier alpha value is -2.26. The number of amides is 1. The van der Waals surface area contributed by atoms with E-state index in [2.05, 4.69) is 12.0 Å². The van der Waals surface area contributed by atoms with Crippen LogP contribution >= 0.6 is 0 Å². The second kappa shape index (κ2) is 8.40. The van der Waals surface area contributed by atoms with Gasteiger partial charge in [-0.25, -0.2) is 13.1 Å². The van der Waals surface area contributed by atoms with Gasteiger partial charge < -0.3 is 4.90 Å². The lowest BCUT2D eigenvalue weighted by Gasteiger charge is -2.33. The van der Waals surface area contributed by atoms with Crippen molar-refractivity contribution in [2.45, 2.75) is 32.7 Å². The van der Waals surface area contributed by atoms with Crippen molar-refractivity contribution in [1.29, 1.82) is 0 Å². The zero-order chi connectivity index (χ0) is 20.3. The van der Waals surface area contributed by atoms with Crippen LogP contribution in [-0.4, -0.2) is 65.7 Å². The van der Waals surface area contributed by atoms with Gasteiger partial charge in [0, 0.05) is 38.1 Å². The van der Waals surface area contributed by atoms with Gasteiger partial charge in [0.15, 0.2) is 5.69 Å². The van der Waals surface area contributed by atoms with Crippen molar-refractivity contribution in [2.75, 3.05) is 32.4 Å². The van der Waals surface area contributed by atoms with Crippen molar-refractivity contribution in [1.82, 2.24) is 19.0 Å². The van der Waals surface area contributed by atoms with Crippen LogP contribution < -0.4 is 5.56 Å². The molecular weight excluding hydrogens is 380 g/mol. The lowest BCUT2D eigenvalue weighted by Crippen LogP contribution is -2.50. The molecule has 0 unspecified atom stereocenters. The first kappa shape index (κ1) is 20.5. The SMILES string of the molecule is CCCCCn1nc(C(=O)N2CCN(S(C)(=O)=O)CC2)c2ccccc2c1=O. The molecule has 0 aliphatic carbocycles. The number of fused-ring (bicyclic) bond motifs is 1. The van der Waals surface area contributed by atoms with Crippen LogP contribution in [0.5, 0.6) is 0 Å². The van der Waals surface area contributed by atoms with Gasteiger partial charge in [0.05, 0.1) is 11.6 Å². The van der Waals surface area contributed by atoms with Gasteiger partial charge in [0.25, 0.3) is 11.5 Å². The number of hydrogen-bond acceptors (Lipinski definition) is 5. The summed E-state index contributed by atoms with van der Waals surface area (Å²) in [5.41, 5.74) is 0.0599. The predicted octanol–water partition coefficient (Wildman–Crippen LogP) is 1.30. The number of unbranched alkanes of at least 4 members (excludes halogenated alkanes) is 2. The number of aromatic nitrogens is 2. The maximum Gasteiger partial charge on any atom is 0.275 e. The summed E-state index contributed by atoms with van der Waals surface area (Å²) in [5, 5.41) is 5.41. The van der Waals surface area contributed by atoms with Crippen molar-refractivity contribution in [2.24, 2.45) is 0 Å². The fourth-order valence-corrected chi connectivity index (χ4v) is 4.26. The number of carbonyl (C=O) groups is 1. The third kappa shape index (κ3) is 4.25. The standard InChI is InChI=1S/C19H26N4O4S/c1-3-4-7-10-23-18(24)16-9-6-5-8-15(16)17(20-23)19(25)21-11-13-22(14-12-21)28(2,26)27/h5-6,8-9H,3-4,7,10-14H2,1-2H3. The topological polar surface area (TPSA) is 92.6 Å². The Balaban J connectivity index is 1.92. The molecular formula is C19H26N4O4S. The van der Waals surface area contributed by atoms with Crippen molar-refractivity contribution in [3.63, 3.8) is 0 Å². The number of aryl methyl sites for hydroxylation is 1. The Kier molecular flexibility index (Phi) is 6.14. The number of benzene rings is 1. The summed E-state index contributed by atoms with van der Waals surface area (Å²) < 4.78 is 26.1. The van der Waals surface area contributed by atoms with Crippen molar-refractivity contribution >= 4 is 26.7 Å². The molecule has 2 heterocycles. The summed E-state index contributed by atoms with van der Waals surface area (Å²) >= 11 is 0. The van der Waals surface area contributed by atoms with Crippen LogP contribution in [0.25, 0.3) is 10.8 Å². The van der Waals surface area contributed by atoms with Gasteiger partial charge in [-0.15, -0.1) is 0 Å². The van der Waals surface area contributed by atoms with E-state index in [4.69, 9.17) is 0 Å². The van der Waals surface area contributed by atoms with E-state index in [0.29, 0.717) is 30.4 Å². The van der Waals surface area contributed by atoms with Gasteiger partial charge >= 0.3 is 0 Å². The number of rotatable bonds is 6. The molecule has 1 amide bonds. The quantitative estimate of drug-likeness (QED) is 0.675. The lowest BCUT2D eigenvalue weighted by atomic mass is 10.1. The van der Waals surface area contributed by atoms with Gasteiger partial charge in [-0.1, -0.05) is 38.0 Å². The highest BCUT2D eigenvalue weighted by Crippen LogP contribution is 2.17. The Bertz CT molecular complexity index is 1020. The molecule has 8 nitrogen and oxygen atoms in total. The Morgan fingerprint density at radius 3 is 2.32 bits per heavy atom. The minimum absolute atomic E-state index is 0.190. The van der Waals surface area contributed by atoms with Gasteiger partial charge in [-0.2, -0.15) is 9.40 Å². The molecule has 1 aromatic carbocycles. The van der Waals surface area contributed by atoms with E-state index in [-0.39, 0.29) is 30.2 Å². The van der Waals surface area contributed by atoms with E-state index in [9.17, 15) is 18.0 Å². The Labute approximate surface area is 164 Å². The van der Waals surface area contributed by atoms with Crippen LogP contribution in [-0.2, 0) is 16.6 Å². The van der Waals surface area contributed by atoms with Gasteiger partial charge in [-0.3, -0.25) is 9.59 Å². The number of nitrogens with zero attached hydrogens (tertiary/aromatic N) is 4. The second-order valence-corrected chi connectivity index (χ2v) is 9.07. The molecule has 0 bridgehead atoms. The minimum atomic E-state index is -3.27. The molecule has 0 N–H and O–H groups in total. The first-order valence-corrected chi connectivity index (χ1v) is 11.4. The van der Waals surface area contributed by atoms with E-state index in [1.54, 1.807) is 29.2 Å². The molecule has 1 aliphatic heterocycles. The number of carbonyl (C=O) groups excluding carboxylic acids is 1. The summed E-state index contributed by atoms with van der Waals surface area (Å²) in [4.78, 5) is 27.5. The molecule has 1 aromatic heterocycles.